The molecule has 1 saturated heterocycles. The molecule has 0 aliphatic carbocycles. The largest absolute Gasteiger partial charge is 0.394 e. The number of likely N-dealkylation sites (N-methyl/N-ethyl adjacent to an activating group) is 2. The van der Waals surface area contributed by atoms with Gasteiger partial charge in [-0.2, -0.15) is 4.98 Å². The number of aliphatic hydroxyl groups excluding tert-OH is 2. The first-order valence-electron chi connectivity index (χ1n) is 8.60. The summed E-state index contributed by atoms with van der Waals surface area (Å²) in [5.41, 5.74) is 0. The second-order valence-corrected chi connectivity index (χ2v) is 6.15. The van der Waals surface area contributed by atoms with Crippen molar-refractivity contribution in [3.8, 4) is 0 Å². The van der Waals surface area contributed by atoms with Gasteiger partial charge in [-0.15, -0.1) is 0 Å². The summed E-state index contributed by atoms with van der Waals surface area (Å²) in [5.74, 6) is 1.39. The first kappa shape index (κ1) is 19.4. The van der Waals surface area contributed by atoms with Gasteiger partial charge in [-0.1, -0.05) is 0 Å². The molecule has 0 bridgehead atoms. The van der Waals surface area contributed by atoms with Gasteiger partial charge in [-0.25, -0.2) is 4.98 Å². The van der Waals surface area contributed by atoms with Crippen LogP contribution in [0.5, 0.6) is 0 Å². The third-order valence-electron chi connectivity index (χ3n) is 4.11. The summed E-state index contributed by atoms with van der Waals surface area (Å²) in [6, 6.07) is 1.78. The predicted octanol–water partition coefficient (Wildman–Crippen LogP) is -1.48. The van der Waals surface area contributed by atoms with Crippen molar-refractivity contribution in [3.63, 3.8) is 0 Å². The van der Waals surface area contributed by atoms with E-state index >= 15 is 0 Å². The lowest BCUT2D eigenvalue weighted by molar-refractivity contribution is -0.122. The van der Waals surface area contributed by atoms with E-state index in [-0.39, 0.29) is 12.5 Å². The zero-order valence-corrected chi connectivity index (χ0v) is 14.9. The number of aliphatic hydroxyl groups is 2. The van der Waals surface area contributed by atoms with Crippen molar-refractivity contribution in [3.05, 3.63) is 12.3 Å². The van der Waals surface area contributed by atoms with Crippen LogP contribution in [0, 0.1) is 0 Å². The number of rotatable bonds is 8. The molecule has 9 heteroatoms. The molecular formula is C16H28N6O3. The van der Waals surface area contributed by atoms with E-state index in [0.29, 0.717) is 31.4 Å². The molecule has 1 aromatic heterocycles. The Balaban J connectivity index is 1.90. The molecule has 3 N–H and O–H groups in total. The molecule has 0 aromatic carbocycles. The molecule has 1 fully saturated rings. The van der Waals surface area contributed by atoms with Crippen LogP contribution in [0.3, 0.4) is 0 Å². The van der Waals surface area contributed by atoms with Crippen LogP contribution in [0.2, 0.25) is 0 Å². The third-order valence-corrected chi connectivity index (χ3v) is 4.11. The van der Waals surface area contributed by atoms with Gasteiger partial charge >= 0.3 is 0 Å². The molecule has 140 valence electrons. The van der Waals surface area contributed by atoms with E-state index in [2.05, 4.69) is 25.1 Å². The Morgan fingerprint density at radius 2 is 2.12 bits per heavy atom. The predicted molar refractivity (Wildman–Crippen MR) is 95.7 cm³/mol. The highest BCUT2D eigenvalue weighted by molar-refractivity contribution is 5.77. The van der Waals surface area contributed by atoms with E-state index in [0.717, 1.165) is 26.2 Å². The number of nitrogens with one attached hydrogen (secondary N) is 1. The molecule has 9 nitrogen and oxygen atoms in total. The van der Waals surface area contributed by atoms with Gasteiger partial charge in [-0.05, 0) is 13.0 Å². The molecule has 2 heterocycles. The normalized spacial score (nSPS) is 16.6. The quantitative estimate of drug-likeness (QED) is 0.521. The van der Waals surface area contributed by atoms with Crippen molar-refractivity contribution in [2.75, 3.05) is 69.3 Å². The fraction of sp³-hybridized carbons (Fsp3) is 0.688. The summed E-state index contributed by atoms with van der Waals surface area (Å²) >= 11 is 0. The fourth-order valence-corrected chi connectivity index (χ4v) is 2.73. The number of amides is 1. The molecule has 1 amide bonds. The van der Waals surface area contributed by atoms with Crippen molar-refractivity contribution < 1.29 is 15.0 Å². The van der Waals surface area contributed by atoms with Crippen LogP contribution in [0.1, 0.15) is 6.92 Å². The number of piperazine rings is 1. The lowest BCUT2D eigenvalue weighted by Gasteiger charge is -2.34. The number of aromatic nitrogens is 2. The van der Waals surface area contributed by atoms with Crippen molar-refractivity contribution >= 4 is 17.7 Å². The molecule has 1 aromatic rings. The van der Waals surface area contributed by atoms with Crippen molar-refractivity contribution in [2.45, 2.75) is 13.0 Å². The molecule has 1 aliphatic rings. The molecule has 1 atom stereocenters. The molecule has 25 heavy (non-hydrogen) atoms. The van der Waals surface area contributed by atoms with E-state index in [1.54, 1.807) is 17.2 Å². The maximum absolute atomic E-state index is 11.7. The van der Waals surface area contributed by atoms with E-state index < -0.39 is 6.10 Å². The van der Waals surface area contributed by atoms with Crippen molar-refractivity contribution in [1.29, 1.82) is 0 Å². The summed E-state index contributed by atoms with van der Waals surface area (Å²) in [6.07, 6.45) is 0.891. The minimum absolute atomic E-state index is 0.0539. The summed E-state index contributed by atoms with van der Waals surface area (Å²) in [4.78, 5) is 26.5. The zero-order chi connectivity index (χ0) is 18.2. The van der Waals surface area contributed by atoms with Crippen molar-refractivity contribution in [1.82, 2.24) is 20.2 Å². The molecule has 0 radical (unpaired) electrons. The number of carbonyl (C=O) groups excluding carboxylic acids is 1. The highest BCUT2D eigenvalue weighted by Gasteiger charge is 2.21. The van der Waals surface area contributed by atoms with Gasteiger partial charge < -0.3 is 25.3 Å². The van der Waals surface area contributed by atoms with E-state index in [1.165, 1.54) is 0 Å². The maximum Gasteiger partial charge on any atom is 0.234 e. The summed E-state index contributed by atoms with van der Waals surface area (Å²) in [7, 11) is 1.81. The fourth-order valence-electron chi connectivity index (χ4n) is 2.73. The lowest BCUT2D eigenvalue weighted by Crippen LogP contribution is -2.50. The molecular weight excluding hydrogens is 324 g/mol. The Bertz CT molecular complexity index is 550. The van der Waals surface area contributed by atoms with Gasteiger partial charge in [0.25, 0.3) is 0 Å². The van der Waals surface area contributed by atoms with Crippen LogP contribution >= 0.6 is 0 Å². The first-order chi connectivity index (χ1) is 12.0. The minimum atomic E-state index is -0.804. The molecule has 0 unspecified atom stereocenters. The molecule has 2 rings (SSSR count). The summed E-state index contributed by atoms with van der Waals surface area (Å²) in [6.45, 7) is 6.08. The van der Waals surface area contributed by atoms with Crippen LogP contribution in [0.15, 0.2) is 12.3 Å². The van der Waals surface area contributed by atoms with Gasteiger partial charge in [0.1, 0.15) is 5.82 Å². The monoisotopic (exact) mass is 352 g/mol. The zero-order valence-electron chi connectivity index (χ0n) is 14.9. The molecule has 0 spiro atoms. The number of anilines is 2. The second kappa shape index (κ2) is 9.50. The number of hydrogen-bond acceptors (Lipinski definition) is 8. The first-order valence-corrected chi connectivity index (χ1v) is 8.60. The Morgan fingerprint density at radius 3 is 2.76 bits per heavy atom. The van der Waals surface area contributed by atoms with Gasteiger partial charge in [0.15, 0.2) is 0 Å². The molecule has 1 aliphatic heterocycles. The standard InChI is InChI=1S/C16H28N6O3/c1-3-17-15(25)11-21-6-8-22(9-7-21)16-18-5-4-14(19-16)20(2)10-13(24)12-23/h4-5,13,23-24H,3,6-12H2,1-2H3,(H,17,25)/t13-/m1/s1. The summed E-state index contributed by atoms with van der Waals surface area (Å²) < 4.78 is 0. The number of nitrogens with zero attached hydrogens (tertiary/aromatic N) is 5. The number of carbonyl (C=O) groups is 1. The van der Waals surface area contributed by atoms with E-state index in [9.17, 15) is 9.90 Å². The third kappa shape index (κ3) is 5.80. The average molecular weight is 352 g/mol. The number of hydrogen-bond donors (Lipinski definition) is 3. The van der Waals surface area contributed by atoms with Crippen LogP contribution in [-0.4, -0.2) is 96.6 Å². The Labute approximate surface area is 148 Å². The maximum atomic E-state index is 11.7. The molecule has 0 saturated carbocycles. The van der Waals surface area contributed by atoms with Crippen LogP contribution in [0.25, 0.3) is 0 Å². The van der Waals surface area contributed by atoms with Gasteiger partial charge in [-0.3, -0.25) is 9.69 Å². The van der Waals surface area contributed by atoms with E-state index in [4.69, 9.17) is 5.11 Å². The lowest BCUT2D eigenvalue weighted by atomic mass is 10.3. The van der Waals surface area contributed by atoms with Gasteiger partial charge in [0.05, 0.1) is 19.3 Å². The van der Waals surface area contributed by atoms with Crippen LogP contribution in [0.4, 0.5) is 11.8 Å². The second-order valence-electron chi connectivity index (χ2n) is 6.15. The van der Waals surface area contributed by atoms with Gasteiger partial charge in [0.2, 0.25) is 11.9 Å². The van der Waals surface area contributed by atoms with Crippen LogP contribution < -0.4 is 15.1 Å². The Kier molecular flexibility index (Phi) is 7.35. The minimum Gasteiger partial charge on any atom is -0.394 e. The topological polar surface area (TPSA) is 105 Å². The Hall–Kier alpha value is -1.97. The highest BCUT2D eigenvalue weighted by Crippen LogP contribution is 2.15. The van der Waals surface area contributed by atoms with Crippen molar-refractivity contribution in [2.24, 2.45) is 0 Å². The van der Waals surface area contributed by atoms with Crippen LogP contribution in [-0.2, 0) is 4.79 Å². The highest BCUT2D eigenvalue weighted by atomic mass is 16.3. The SMILES string of the molecule is CCNC(=O)CN1CCN(c2nccc(N(C)C[C@@H](O)CO)n2)CC1. The van der Waals surface area contributed by atoms with E-state index in [1.807, 2.05) is 14.0 Å². The Morgan fingerprint density at radius 1 is 1.40 bits per heavy atom. The average Bonchev–Trinajstić information content (AvgIpc) is 2.62. The van der Waals surface area contributed by atoms with Gasteiger partial charge in [0, 0.05) is 52.5 Å². The smallest absolute Gasteiger partial charge is 0.234 e. The summed E-state index contributed by atoms with van der Waals surface area (Å²) in [5, 5.41) is 21.3.